The molecule has 2 aromatic rings. The first-order valence-electron chi connectivity index (χ1n) is 10.6. The van der Waals surface area contributed by atoms with Gasteiger partial charge in [0.1, 0.15) is 11.8 Å². The number of nitrogens with one attached hydrogen (secondary N) is 1. The Bertz CT molecular complexity index is 820. The number of carbonyl (C=O) groups excluding carboxylic acids is 2. The number of nitrogens with zero attached hydrogens (tertiary/aromatic N) is 1. The molecule has 1 N–H and O–H groups in total. The highest BCUT2D eigenvalue weighted by Crippen LogP contribution is 2.20. The van der Waals surface area contributed by atoms with Crippen LogP contribution in [0.1, 0.15) is 44.6 Å². The van der Waals surface area contributed by atoms with E-state index in [1.807, 2.05) is 37.3 Å². The van der Waals surface area contributed by atoms with Gasteiger partial charge in [-0.05, 0) is 49.1 Å². The van der Waals surface area contributed by atoms with Crippen molar-refractivity contribution >= 4 is 23.4 Å². The van der Waals surface area contributed by atoms with Gasteiger partial charge in [-0.25, -0.2) is 0 Å². The van der Waals surface area contributed by atoms with Crippen LogP contribution in [-0.4, -0.2) is 35.4 Å². The Morgan fingerprint density at radius 2 is 1.77 bits per heavy atom. The summed E-state index contributed by atoms with van der Waals surface area (Å²) >= 11 is 6.00. The molecule has 2 amide bonds. The van der Waals surface area contributed by atoms with E-state index in [1.165, 1.54) is 0 Å². The summed E-state index contributed by atoms with van der Waals surface area (Å²) in [5, 5.41) is 3.77. The molecule has 0 aliphatic heterocycles. The average molecular weight is 429 g/mol. The molecule has 1 aliphatic carbocycles. The van der Waals surface area contributed by atoms with Crippen LogP contribution in [0.5, 0.6) is 5.75 Å². The number of benzene rings is 2. The second-order valence-corrected chi connectivity index (χ2v) is 8.10. The third-order valence-corrected chi connectivity index (χ3v) is 5.71. The van der Waals surface area contributed by atoms with Crippen molar-refractivity contribution in [2.45, 2.75) is 57.7 Å². The number of para-hydroxylation sites is 1. The first kappa shape index (κ1) is 22.2. The van der Waals surface area contributed by atoms with Gasteiger partial charge in [-0.15, -0.1) is 0 Å². The van der Waals surface area contributed by atoms with Gasteiger partial charge in [0.25, 0.3) is 5.91 Å². The minimum atomic E-state index is -0.548. The Balaban J connectivity index is 1.74. The molecule has 0 heterocycles. The maximum absolute atomic E-state index is 13.1. The molecular formula is C24H29ClN2O3. The Kier molecular flexibility index (Phi) is 8.14. The molecular weight excluding hydrogens is 400 g/mol. The number of hydrogen-bond acceptors (Lipinski definition) is 3. The van der Waals surface area contributed by atoms with Gasteiger partial charge in [0, 0.05) is 17.6 Å². The van der Waals surface area contributed by atoms with Crippen LogP contribution in [0.15, 0.2) is 54.6 Å². The predicted octanol–water partition coefficient (Wildman–Crippen LogP) is 4.59. The number of halogens is 1. The Morgan fingerprint density at radius 1 is 1.10 bits per heavy atom. The second kappa shape index (κ2) is 11.0. The summed E-state index contributed by atoms with van der Waals surface area (Å²) in [5.41, 5.74) is 0.916. The lowest BCUT2D eigenvalue weighted by Gasteiger charge is -2.31. The molecule has 0 bridgehead atoms. The molecule has 0 aromatic heterocycles. The van der Waals surface area contributed by atoms with E-state index in [9.17, 15) is 9.59 Å². The van der Waals surface area contributed by atoms with Gasteiger partial charge in [0.15, 0.2) is 6.61 Å². The lowest BCUT2D eigenvalue weighted by Crippen LogP contribution is -2.52. The molecule has 6 heteroatoms. The average Bonchev–Trinajstić information content (AvgIpc) is 3.27. The van der Waals surface area contributed by atoms with Crippen LogP contribution in [0.25, 0.3) is 0 Å². The van der Waals surface area contributed by atoms with Crippen molar-refractivity contribution in [3.8, 4) is 5.75 Å². The summed E-state index contributed by atoms with van der Waals surface area (Å²) < 4.78 is 5.67. The van der Waals surface area contributed by atoms with Gasteiger partial charge >= 0.3 is 0 Å². The zero-order valence-electron chi connectivity index (χ0n) is 17.4. The van der Waals surface area contributed by atoms with Gasteiger partial charge in [-0.2, -0.15) is 0 Å². The van der Waals surface area contributed by atoms with Crippen LogP contribution in [0.3, 0.4) is 0 Å². The molecule has 0 saturated heterocycles. The molecule has 2 aromatic carbocycles. The molecule has 1 aliphatic rings. The summed E-state index contributed by atoms with van der Waals surface area (Å²) in [4.78, 5) is 27.8. The SMILES string of the molecule is CCC(C(=O)NC1CCCC1)N(Cc1ccc(Cl)cc1)C(=O)COc1ccccc1. The minimum Gasteiger partial charge on any atom is -0.484 e. The summed E-state index contributed by atoms with van der Waals surface area (Å²) in [6, 6.07) is 16.2. The molecule has 30 heavy (non-hydrogen) atoms. The maximum atomic E-state index is 13.1. The van der Waals surface area contributed by atoms with E-state index in [4.69, 9.17) is 16.3 Å². The van der Waals surface area contributed by atoms with Crippen LogP contribution in [-0.2, 0) is 16.1 Å². The van der Waals surface area contributed by atoms with E-state index < -0.39 is 6.04 Å². The van der Waals surface area contributed by atoms with Gasteiger partial charge in [-0.3, -0.25) is 9.59 Å². The summed E-state index contributed by atoms with van der Waals surface area (Å²) in [6.45, 7) is 2.13. The first-order valence-corrected chi connectivity index (χ1v) is 11.0. The molecule has 1 unspecified atom stereocenters. The van der Waals surface area contributed by atoms with Crippen molar-refractivity contribution in [1.29, 1.82) is 0 Å². The highest BCUT2D eigenvalue weighted by molar-refractivity contribution is 6.30. The third-order valence-electron chi connectivity index (χ3n) is 5.46. The molecule has 1 fully saturated rings. The van der Waals surface area contributed by atoms with E-state index in [0.717, 1.165) is 31.2 Å². The van der Waals surface area contributed by atoms with E-state index in [1.54, 1.807) is 29.2 Å². The van der Waals surface area contributed by atoms with Crippen molar-refractivity contribution < 1.29 is 14.3 Å². The van der Waals surface area contributed by atoms with Gasteiger partial charge in [0.2, 0.25) is 5.91 Å². The zero-order chi connectivity index (χ0) is 21.3. The molecule has 3 rings (SSSR count). The Labute approximate surface area is 183 Å². The van der Waals surface area contributed by atoms with E-state index in [-0.39, 0.29) is 24.5 Å². The smallest absolute Gasteiger partial charge is 0.261 e. The third kappa shape index (κ3) is 6.23. The monoisotopic (exact) mass is 428 g/mol. The Morgan fingerprint density at radius 3 is 2.40 bits per heavy atom. The van der Waals surface area contributed by atoms with E-state index in [2.05, 4.69) is 5.32 Å². The van der Waals surface area contributed by atoms with E-state index >= 15 is 0 Å². The van der Waals surface area contributed by atoms with Crippen LogP contribution >= 0.6 is 11.6 Å². The van der Waals surface area contributed by atoms with Gasteiger partial charge in [-0.1, -0.05) is 61.7 Å². The lowest BCUT2D eigenvalue weighted by molar-refractivity contribution is -0.143. The number of carbonyl (C=O) groups is 2. The lowest BCUT2D eigenvalue weighted by atomic mass is 10.1. The van der Waals surface area contributed by atoms with Crippen molar-refractivity contribution in [3.63, 3.8) is 0 Å². The highest BCUT2D eigenvalue weighted by Gasteiger charge is 2.30. The zero-order valence-corrected chi connectivity index (χ0v) is 18.1. The molecule has 160 valence electrons. The topological polar surface area (TPSA) is 58.6 Å². The Hall–Kier alpha value is -2.53. The second-order valence-electron chi connectivity index (χ2n) is 7.66. The van der Waals surface area contributed by atoms with Crippen LogP contribution in [0, 0.1) is 0 Å². The molecule has 5 nitrogen and oxygen atoms in total. The van der Waals surface area contributed by atoms with Crippen LogP contribution in [0.4, 0.5) is 0 Å². The fourth-order valence-electron chi connectivity index (χ4n) is 3.82. The van der Waals surface area contributed by atoms with Gasteiger partial charge < -0.3 is 15.0 Å². The molecule has 0 radical (unpaired) electrons. The number of hydrogen-bond donors (Lipinski definition) is 1. The van der Waals surface area contributed by atoms with Crippen LogP contribution in [0.2, 0.25) is 5.02 Å². The quantitative estimate of drug-likeness (QED) is 0.635. The summed E-state index contributed by atoms with van der Waals surface area (Å²) in [5.74, 6) is 0.314. The van der Waals surface area contributed by atoms with Crippen molar-refractivity contribution in [2.24, 2.45) is 0 Å². The maximum Gasteiger partial charge on any atom is 0.261 e. The molecule has 1 atom stereocenters. The van der Waals surface area contributed by atoms with Crippen molar-refractivity contribution in [1.82, 2.24) is 10.2 Å². The van der Waals surface area contributed by atoms with Crippen LogP contribution < -0.4 is 10.1 Å². The normalized spacial score (nSPS) is 14.9. The van der Waals surface area contributed by atoms with Crippen molar-refractivity contribution in [2.75, 3.05) is 6.61 Å². The largest absolute Gasteiger partial charge is 0.484 e. The first-order chi connectivity index (χ1) is 14.6. The number of rotatable bonds is 9. The predicted molar refractivity (Wildman–Crippen MR) is 118 cm³/mol. The van der Waals surface area contributed by atoms with E-state index in [0.29, 0.717) is 23.7 Å². The summed E-state index contributed by atoms with van der Waals surface area (Å²) in [6.07, 6.45) is 4.82. The molecule has 1 saturated carbocycles. The minimum absolute atomic E-state index is 0.0913. The fourth-order valence-corrected chi connectivity index (χ4v) is 3.94. The standard InChI is InChI=1S/C24H29ClN2O3/c1-2-22(24(29)26-20-8-6-7-9-20)27(16-18-12-14-19(25)15-13-18)23(28)17-30-21-10-4-3-5-11-21/h3-5,10-15,20,22H,2,6-9,16-17H2,1H3,(H,26,29). The highest BCUT2D eigenvalue weighted by atomic mass is 35.5. The van der Waals surface area contributed by atoms with Crippen molar-refractivity contribution in [3.05, 3.63) is 65.2 Å². The number of ether oxygens (including phenoxy) is 1. The molecule has 0 spiro atoms. The number of amides is 2. The summed E-state index contributed by atoms with van der Waals surface area (Å²) in [7, 11) is 0. The van der Waals surface area contributed by atoms with Gasteiger partial charge in [0.05, 0.1) is 0 Å². The fraction of sp³-hybridized carbons (Fsp3) is 0.417.